The normalized spacial score (nSPS) is 10.8. The number of aryl methyl sites for hydroxylation is 2. The number of nitrogens with one attached hydrogen (secondary N) is 2. The fraction of sp³-hybridized carbons (Fsp3) is 0.143. The Balaban J connectivity index is 1.63. The first-order valence-corrected chi connectivity index (χ1v) is 9.89. The Kier molecular flexibility index (Phi) is 5.35. The number of fused-ring (bicyclic) bond motifs is 1. The van der Waals surface area contributed by atoms with Crippen molar-refractivity contribution in [2.24, 2.45) is 0 Å². The third-order valence-corrected chi connectivity index (χ3v) is 5.55. The van der Waals surface area contributed by atoms with E-state index < -0.39 is 0 Å². The molecule has 0 unspecified atom stereocenters. The molecule has 0 saturated carbocycles. The molecule has 0 aliphatic carbocycles. The molecule has 0 amide bonds. The van der Waals surface area contributed by atoms with Gasteiger partial charge in [-0.1, -0.05) is 41.7 Å². The van der Waals surface area contributed by atoms with E-state index in [1.807, 2.05) is 18.2 Å². The average Bonchev–Trinajstić information content (AvgIpc) is 3.18. The van der Waals surface area contributed by atoms with Crippen LogP contribution in [0.5, 0.6) is 5.75 Å². The molecule has 8 heteroatoms. The van der Waals surface area contributed by atoms with Gasteiger partial charge in [-0.05, 0) is 18.1 Å². The third-order valence-electron chi connectivity index (χ3n) is 4.52. The van der Waals surface area contributed by atoms with Crippen LogP contribution >= 0.6 is 11.3 Å². The van der Waals surface area contributed by atoms with Crippen LogP contribution in [0.1, 0.15) is 16.1 Å². The number of benzene rings is 2. The van der Waals surface area contributed by atoms with Gasteiger partial charge < -0.3 is 21.2 Å². The molecule has 146 valence electrons. The van der Waals surface area contributed by atoms with Gasteiger partial charge in [0.15, 0.2) is 5.82 Å². The monoisotopic (exact) mass is 404 g/mol. The highest BCUT2D eigenvalue weighted by molar-refractivity contribution is 7.18. The van der Waals surface area contributed by atoms with Gasteiger partial charge in [0.05, 0.1) is 17.8 Å². The summed E-state index contributed by atoms with van der Waals surface area (Å²) in [6.07, 6.45) is 4.49. The summed E-state index contributed by atoms with van der Waals surface area (Å²) < 4.78 is 5.42. The minimum atomic E-state index is 0.479. The summed E-state index contributed by atoms with van der Waals surface area (Å²) in [5.41, 5.74) is 9.69. The van der Waals surface area contributed by atoms with Gasteiger partial charge in [-0.15, -0.1) is 0 Å². The van der Waals surface area contributed by atoms with E-state index in [-0.39, 0.29) is 0 Å². The molecule has 0 aliphatic heterocycles. The number of aromatic nitrogens is 3. The highest BCUT2D eigenvalue weighted by Crippen LogP contribution is 2.34. The van der Waals surface area contributed by atoms with E-state index in [9.17, 15) is 0 Å². The Morgan fingerprint density at radius 2 is 2.00 bits per heavy atom. The molecular formula is C21H20N6OS. The Labute approximate surface area is 172 Å². The number of nitrogens with two attached hydrogens (primary N) is 1. The molecule has 0 aliphatic rings. The Morgan fingerprint density at radius 1 is 1.17 bits per heavy atom. The van der Waals surface area contributed by atoms with Crippen molar-refractivity contribution in [2.75, 3.05) is 18.2 Å². The minimum Gasteiger partial charge on any atom is -0.494 e. The van der Waals surface area contributed by atoms with E-state index in [4.69, 9.17) is 20.9 Å². The first-order chi connectivity index (χ1) is 14.2. The molecule has 0 bridgehead atoms. The second-order valence-corrected chi connectivity index (χ2v) is 7.48. The maximum Gasteiger partial charge on any atom is 0.161 e. The van der Waals surface area contributed by atoms with Crippen LogP contribution in [0.2, 0.25) is 0 Å². The number of methoxy groups -OCH3 is 1. The number of hydrogen-bond acceptors (Lipinski definition) is 8. The summed E-state index contributed by atoms with van der Waals surface area (Å²) in [5, 5.41) is 11.8. The topological polar surface area (TPSA) is 110 Å². The van der Waals surface area contributed by atoms with Crippen LogP contribution in [0.15, 0.2) is 48.8 Å². The molecule has 2 aromatic heterocycles. The van der Waals surface area contributed by atoms with Gasteiger partial charge in [-0.25, -0.2) is 15.0 Å². The first kappa shape index (κ1) is 18.8. The van der Waals surface area contributed by atoms with Crippen LogP contribution in [0.25, 0.3) is 10.3 Å². The van der Waals surface area contributed by atoms with Crippen molar-refractivity contribution in [1.82, 2.24) is 15.0 Å². The lowest BCUT2D eigenvalue weighted by Gasteiger charge is -2.13. The molecular weight excluding hydrogens is 384 g/mol. The molecule has 7 nitrogen and oxygen atoms in total. The van der Waals surface area contributed by atoms with Crippen molar-refractivity contribution in [3.63, 3.8) is 0 Å². The first-order valence-electron chi connectivity index (χ1n) is 9.07. The van der Waals surface area contributed by atoms with Crippen LogP contribution in [-0.4, -0.2) is 28.3 Å². The van der Waals surface area contributed by atoms with Crippen molar-refractivity contribution in [2.45, 2.75) is 12.8 Å². The summed E-state index contributed by atoms with van der Waals surface area (Å²) in [6, 6.07) is 13.8. The van der Waals surface area contributed by atoms with Crippen molar-refractivity contribution >= 4 is 45.1 Å². The molecule has 0 atom stereocenters. The SMILES string of the molecule is COc1cc(N)c(C=N)cc1Nc1ncnc2sc(CCc3ccccc3)nc12. The quantitative estimate of drug-likeness (QED) is 0.314. The van der Waals surface area contributed by atoms with Crippen LogP contribution < -0.4 is 15.8 Å². The zero-order valence-corrected chi connectivity index (χ0v) is 16.7. The van der Waals surface area contributed by atoms with Crippen molar-refractivity contribution in [3.05, 3.63) is 64.9 Å². The van der Waals surface area contributed by atoms with E-state index in [0.717, 1.165) is 28.2 Å². The predicted octanol–water partition coefficient (Wildman–Crippen LogP) is 4.20. The maximum atomic E-state index is 7.53. The van der Waals surface area contributed by atoms with Crippen LogP contribution in [0, 0.1) is 5.41 Å². The number of rotatable bonds is 7. The second-order valence-electron chi connectivity index (χ2n) is 6.42. The van der Waals surface area contributed by atoms with Gasteiger partial charge in [0.1, 0.15) is 22.4 Å². The van der Waals surface area contributed by atoms with E-state index in [1.54, 1.807) is 30.6 Å². The van der Waals surface area contributed by atoms with Gasteiger partial charge in [0.2, 0.25) is 0 Å². The van der Waals surface area contributed by atoms with Gasteiger partial charge in [0.25, 0.3) is 0 Å². The summed E-state index contributed by atoms with van der Waals surface area (Å²) in [7, 11) is 1.57. The van der Waals surface area contributed by atoms with Crippen LogP contribution in [0.4, 0.5) is 17.2 Å². The molecule has 2 aromatic carbocycles. The molecule has 0 spiro atoms. The number of ether oxygens (including phenoxy) is 1. The standard InChI is InChI=1S/C21H20N6OS/c1-28-17-10-15(23)14(11-22)9-16(17)26-20-19-21(25-12-24-20)29-18(27-19)8-7-13-5-3-2-4-6-13/h2-6,9-12,22H,7-8,23H2,1H3,(H,24,25,26). The van der Waals surface area contributed by atoms with Crippen molar-refractivity contribution in [1.29, 1.82) is 5.41 Å². The molecule has 0 fully saturated rings. The summed E-state index contributed by atoms with van der Waals surface area (Å²) in [6.45, 7) is 0. The zero-order chi connectivity index (χ0) is 20.2. The predicted molar refractivity (Wildman–Crippen MR) is 118 cm³/mol. The number of anilines is 3. The van der Waals surface area contributed by atoms with Gasteiger partial charge in [0, 0.05) is 30.0 Å². The lowest BCUT2D eigenvalue weighted by atomic mass is 10.1. The molecule has 2 heterocycles. The molecule has 4 rings (SSSR count). The van der Waals surface area contributed by atoms with E-state index in [1.165, 1.54) is 18.1 Å². The number of hydrogen-bond donors (Lipinski definition) is 3. The lowest BCUT2D eigenvalue weighted by Crippen LogP contribution is -2.02. The molecule has 4 aromatic rings. The molecule has 29 heavy (non-hydrogen) atoms. The zero-order valence-electron chi connectivity index (χ0n) is 15.8. The summed E-state index contributed by atoms with van der Waals surface area (Å²) in [4.78, 5) is 14.3. The maximum absolute atomic E-state index is 7.53. The van der Waals surface area contributed by atoms with Gasteiger partial charge >= 0.3 is 0 Å². The highest BCUT2D eigenvalue weighted by Gasteiger charge is 2.14. The van der Waals surface area contributed by atoms with E-state index in [2.05, 4.69) is 27.4 Å². The third kappa shape index (κ3) is 4.02. The molecule has 0 radical (unpaired) electrons. The minimum absolute atomic E-state index is 0.479. The second kappa shape index (κ2) is 8.24. The van der Waals surface area contributed by atoms with E-state index >= 15 is 0 Å². The smallest absolute Gasteiger partial charge is 0.161 e. The van der Waals surface area contributed by atoms with Crippen molar-refractivity contribution in [3.8, 4) is 5.75 Å². The van der Waals surface area contributed by atoms with Crippen LogP contribution in [-0.2, 0) is 12.8 Å². The summed E-state index contributed by atoms with van der Waals surface area (Å²) >= 11 is 1.57. The Hall–Kier alpha value is -3.52. The number of thiazole rings is 1. The fourth-order valence-corrected chi connectivity index (χ4v) is 3.93. The largest absolute Gasteiger partial charge is 0.494 e. The number of nitrogens with zero attached hydrogens (tertiary/aromatic N) is 3. The fourth-order valence-electron chi connectivity index (χ4n) is 3.02. The Bertz CT molecular complexity index is 1160. The lowest BCUT2D eigenvalue weighted by molar-refractivity contribution is 0.417. The highest BCUT2D eigenvalue weighted by atomic mass is 32.1. The molecule has 0 saturated heterocycles. The number of nitrogen functional groups attached to an aromatic ring is 1. The Morgan fingerprint density at radius 3 is 2.76 bits per heavy atom. The van der Waals surface area contributed by atoms with Crippen molar-refractivity contribution < 1.29 is 4.74 Å². The van der Waals surface area contributed by atoms with Gasteiger partial charge in [-0.3, -0.25) is 0 Å². The van der Waals surface area contributed by atoms with Crippen LogP contribution in [0.3, 0.4) is 0 Å². The molecule has 4 N–H and O–H groups in total. The van der Waals surface area contributed by atoms with E-state index in [0.29, 0.717) is 28.5 Å². The summed E-state index contributed by atoms with van der Waals surface area (Å²) in [5.74, 6) is 1.16. The average molecular weight is 404 g/mol. The van der Waals surface area contributed by atoms with Gasteiger partial charge in [-0.2, -0.15) is 0 Å².